The molecular weight excluding hydrogens is 286 g/mol. The van der Waals surface area contributed by atoms with E-state index in [2.05, 4.69) is 38.7 Å². The topological polar surface area (TPSA) is 38.3 Å². The van der Waals surface area contributed by atoms with E-state index in [1.807, 2.05) is 6.92 Å². The van der Waals surface area contributed by atoms with E-state index in [4.69, 9.17) is 4.74 Å². The maximum absolute atomic E-state index is 11.4. The van der Waals surface area contributed by atoms with Crippen molar-refractivity contribution in [1.82, 2.24) is 5.32 Å². The van der Waals surface area contributed by atoms with E-state index in [9.17, 15) is 4.79 Å². The molecular formula is C20H37NO2. The Morgan fingerprint density at radius 3 is 2.43 bits per heavy atom. The average molecular weight is 324 g/mol. The zero-order valence-electron chi connectivity index (χ0n) is 15.6. The zero-order chi connectivity index (χ0) is 17.2. The summed E-state index contributed by atoms with van der Waals surface area (Å²) < 4.78 is 4.99. The summed E-state index contributed by atoms with van der Waals surface area (Å²) in [7, 11) is 0. The van der Waals surface area contributed by atoms with Crippen LogP contribution in [0.1, 0.15) is 72.6 Å². The van der Waals surface area contributed by atoms with E-state index in [0.29, 0.717) is 36.9 Å². The number of esters is 1. The van der Waals surface area contributed by atoms with E-state index in [1.165, 1.54) is 32.1 Å². The lowest BCUT2D eigenvalue weighted by atomic mass is 9.82. The van der Waals surface area contributed by atoms with Crippen LogP contribution in [0.15, 0.2) is 12.7 Å². The molecule has 1 saturated carbocycles. The monoisotopic (exact) mass is 323 g/mol. The first-order chi connectivity index (χ1) is 11.0. The third-order valence-corrected chi connectivity index (χ3v) is 5.45. The van der Waals surface area contributed by atoms with Crippen molar-refractivity contribution in [2.45, 2.75) is 84.7 Å². The summed E-state index contributed by atoms with van der Waals surface area (Å²) in [6.07, 6.45) is 9.85. The molecule has 1 unspecified atom stereocenters. The summed E-state index contributed by atoms with van der Waals surface area (Å²) in [5.41, 5.74) is 0. The van der Waals surface area contributed by atoms with Crippen molar-refractivity contribution in [2.24, 2.45) is 17.8 Å². The summed E-state index contributed by atoms with van der Waals surface area (Å²) in [4.78, 5) is 11.4. The number of hydrogen-bond donors (Lipinski definition) is 1. The summed E-state index contributed by atoms with van der Waals surface area (Å²) in [6.45, 7) is 13.2. The molecule has 1 fully saturated rings. The molecule has 1 aliphatic carbocycles. The molecule has 0 radical (unpaired) electrons. The molecule has 0 heterocycles. The van der Waals surface area contributed by atoms with Crippen molar-refractivity contribution in [1.29, 1.82) is 0 Å². The van der Waals surface area contributed by atoms with Crippen LogP contribution in [-0.2, 0) is 9.53 Å². The van der Waals surface area contributed by atoms with E-state index in [0.717, 1.165) is 12.3 Å². The largest absolute Gasteiger partial charge is 0.466 e. The fraction of sp³-hybridized carbons (Fsp3) is 0.850. The average Bonchev–Trinajstić information content (AvgIpc) is 2.53. The van der Waals surface area contributed by atoms with Crippen LogP contribution in [0.3, 0.4) is 0 Å². The maximum atomic E-state index is 11.4. The van der Waals surface area contributed by atoms with Gasteiger partial charge in [-0.25, -0.2) is 0 Å². The SMILES string of the molecule is C=CC(NC1CCC(CCCC(=O)OCC)CC1)[C@H](C)C(C)C. The summed E-state index contributed by atoms with van der Waals surface area (Å²) >= 11 is 0. The standard InChI is InChI=1S/C20H37NO2/c1-6-19(16(5)15(3)4)21-18-13-11-17(12-14-18)9-8-10-20(22)23-7-2/h6,15-19,21H,1,7-14H2,2-5H3/t16-,17?,18?,19?/m1/s1. The quantitative estimate of drug-likeness (QED) is 0.467. The van der Waals surface area contributed by atoms with Gasteiger partial charge >= 0.3 is 5.97 Å². The fourth-order valence-electron chi connectivity index (χ4n) is 3.51. The lowest BCUT2D eigenvalue weighted by Gasteiger charge is -2.34. The summed E-state index contributed by atoms with van der Waals surface area (Å²) in [5, 5.41) is 3.81. The highest BCUT2D eigenvalue weighted by Gasteiger charge is 2.25. The van der Waals surface area contributed by atoms with Gasteiger partial charge in [0.2, 0.25) is 0 Å². The van der Waals surface area contributed by atoms with Crippen LogP contribution in [0.4, 0.5) is 0 Å². The van der Waals surface area contributed by atoms with E-state index in [-0.39, 0.29) is 5.97 Å². The molecule has 0 aromatic carbocycles. The van der Waals surface area contributed by atoms with Crippen molar-refractivity contribution in [3.8, 4) is 0 Å². The van der Waals surface area contributed by atoms with Gasteiger partial charge < -0.3 is 10.1 Å². The van der Waals surface area contributed by atoms with E-state index in [1.54, 1.807) is 0 Å². The van der Waals surface area contributed by atoms with Gasteiger partial charge in [-0.15, -0.1) is 6.58 Å². The molecule has 0 aromatic heterocycles. The number of rotatable bonds is 10. The molecule has 1 N–H and O–H groups in total. The van der Waals surface area contributed by atoms with Crippen LogP contribution in [0, 0.1) is 17.8 Å². The molecule has 23 heavy (non-hydrogen) atoms. The molecule has 2 atom stereocenters. The Bertz CT molecular complexity index is 346. The molecule has 0 aromatic rings. The Morgan fingerprint density at radius 1 is 1.26 bits per heavy atom. The van der Waals surface area contributed by atoms with Gasteiger partial charge in [-0.1, -0.05) is 26.8 Å². The molecule has 3 nitrogen and oxygen atoms in total. The van der Waals surface area contributed by atoms with Gasteiger partial charge in [-0.3, -0.25) is 4.79 Å². The van der Waals surface area contributed by atoms with Crippen LogP contribution in [0.5, 0.6) is 0 Å². The Labute approximate surface area is 143 Å². The highest BCUT2D eigenvalue weighted by atomic mass is 16.5. The van der Waals surface area contributed by atoms with Gasteiger partial charge in [0.15, 0.2) is 0 Å². The summed E-state index contributed by atoms with van der Waals surface area (Å²) in [6, 6.07) is 1.04. The van der Waals surface area contributed by atoms with Crippen LogP contribution < -0.4 is 5.32 Å². The highest BCUT2D eigenvalue weighted by molar-refractivity contribution is 5.69. The van der Waals surface area contributed by atoms with Gasteiger partial charge in [-0.05, 0) is 63.2 Å². The molecule has 1 rings (SSSR count). The van der Waals surface area contributed by atoms with Crippen molar-refractivity contribution < 1.29 is 9.53 Å². The van der Waals surface area contributed by atoms with Crippen molar-refractivity contribution in [3.05, 3.63) is 12.7 Å². The first-order valence-electron chi connectivity index (χ1n) is 9.52. The van der Waals surface area contributed by atoms with Crippen LogP contribution in [0.25, 0.3) is 0 Å². The van der Waals surface area contributed by atoms with Crippen molar-refractivity contribution in [2.75, 3.05) is 6.61 Å². The lowest BCUT2D eigenvalue weighted by Crippen LogP contribution is -2.43. The first kappa shape index (κ1) is 20.2. The van der Waals surface area contributed by atoms with Gasteiger partial charge in [0.1, 0.15) is 0 Å². The molecule has 0 bridgehead atoms. The van der Waals surface area contributed by atoms with Crippen LogP contribution in [-0.4, -0.2) is 24.7 Å². The summed E-state index contributed by atoms with van der Waals surface area (Å²) in [5.74, 6) is 2.03. The molecule has 0 aliphatic heterocycles. The second kappa shape index (κ2) is 10.9. The number of hydrogen-bond acceptors (Lipinski definition) is 3. The highest BCUT2D eigenvalue weighted by Crippen LogP contribution is 2.29. The minimum atomic E-state index is -0.0423. The van der Waals surface area contributed by atoms with Gasteiger partial charge in [0.05, 0.1) is 6.61 Å². The van der Waals surface area contributed by atoms with E-state index < -0.39 is 0 Å². The van der Waals surface area contributed by atoms with Crippen molar-refractivity contribution in [3.63, 3.8) is 0 Å². The maximum Gasteiger partial charge on any atom is 0.305 e. The Morgan fingerprint density at radius 2 is 1.91 bits per heavy atom. The fourth-order valence-corrected chi connectivity index (χ4v) is 3.51. The molecule has 1 aliphatic rings. The minimum Gasteiger partial charge on any atom is -0.466 e. The Hall–Kier alpha value is -0.830. The third kappa shape index (κ3) is 7.52. The second-order valence-corrected chi connectivity index (χ2v) is 7.45. The predicted molar refractivity (Wildman–Crippen MR) is 97.4 cm³/mol. The molecule has 0 saturated heterocycles. The second-order valence-electron chi connectivity index (χ2n) is 7.45. The smallest absolute Gasteiger partial charge is 0.305 e. The van der Waals surface area contributed by atoms with Crippen LogP contribution in [0.2, 0.25) is 0 Å². The zero-order valence-corrected chi connectivity index (χ0v) is 15.6. The number of carbonyl (C=O) groups is 1. The number of ether oxygens (including phenoxy) is 1. The lowest BCUT2D eigenvalue weighted by molar-refractivity contribution is -0.143. The molecule has 134 valence electrons. The molecule has 0 amide bonds. The third-order valence-electron chi connectivity index (χ3n) is 5.45. The predicted octanol–water partition coefficient (Wildman–Crippen LogP) is 4.71. The van der Waals surface area contributed by atoms with Crippen LogP contribution >= 0.6 is 0 Å². The van der Waals surface area contributed by atoms with E-state index >= 15 is 0 Å². The van der Waals surface area contributed by atoms with Gasteiger partial charge in [0, 0.05) is 18.5 Å². The molecule has 0 spiro atoms. The van der Waals surface area contributed by atoms with Gasteiger partial charge in [-0.2, -0.15) is 0 Å². The minimum absolute atomic E-state index is 0.0423. The first-order valence-corrected chi connectivity index (χ1v) is 9.52. The Kier molecular flexibility index (Phi) is 9.54. The normalized spacial score (nSPS) is 24.2. The Balaban J connectivity index is 2.24. The number of carbonyl (C=O) groups excluding carboxylic acids is 1. The molecule has 3 heteroatoms. The number of nitrogens with one attached hydrogen (secondary N) is 1. The van der Waals surface area contributed by atoms with Gasteiger partial charge in [0.25, 0.3) is 0 Å². The van der Waals surface area contributed by atoms with Crippen molar-refractivity contribution >= 4 is 5.97 Å².